The first-order valence-electron chi connectivity index (χ1n) is 10.0. The van der Waals surface area contributed by atoms with Gasteiger partial charge in [-0.3, -0.25) is 14.3 Å². The highest BCUT2D eigenvalue weighted by Gasteiger charge is 2.35. The van der Waals surface area contributed by atoms with Crippen molar-refractivity contribution in [2.75, 3.05) is 13.1 Å². The fraction of sp³-hybridized carbons (Fsp3) is 0.524. The van der Waals surface area contributed by atoms with E-state index in [0.717, 1.165) is 25.8 Å². The second kappa shape index (κ2) is 9.82. The van der Waals surface area contributed by atoms with Crippen LogP contribution in [-0.4, -0.2) is 40.0 Å². The van der Waals surface area contributed by atoms with Gasteiger partial charge < -0.3 is 15.2 Å². The minimum atomic E-state index is -0.647. The Hall–Kier alpha value is -2.22. The number of aromatic nitrogens is 2. The Labute approximate surface area is 164 Å². The molecular weight excluding hydrogens is 358 g/mol. The number of unbranched alkanes of at least 4 members (excludes halogenated alkanes) is 1. The Bertz CT molecular complexity index is 862. The molecule has 1 aromatic carbocycles. The van der Waals surface area contributed by atoms with E-state index in [1.165, 1.54) is 16.3 Å². The maximum Gasteiger partial charge on any atom is 0.330 e. The van der Waals surface area contributed by atoms with Crippen molar-refractivity contribution in [1.82, 2.24) is 14.9 Å². The van der Waals surface area contributed by atoms with Crippen LogP contribution in [-0.2, 0) is 17.6 Å². The number of aliphatic hydroxyl groups is 1. The zero-order chi connectivity index (χ0) is 19.9. The molecule has 3 atom stereocenters. The molecule has 3 N–H and O–H groups in total. The molecule has 0 saturated carbocycles. The average molecular weight is 387 g/mol. The number of hydrogen-bond donors (Lipinski definition) is 3. The smallest absolute Gasteiger partial charge is 0.330 e. The van der Waals surface area contributed by atoms with Gasteiger partial charge in [-0.15, -0.1) is 0 Å². The van der Waals surface area contributed by atoms with Crippen molar-refractivity contribution < 1.29 is 9.84 Å². The summed E-state index contributed by atoms with van der Waals surface area (Å²) in [7, 11) is 0. The first-order chi connectivity index (χ1) is 13.6. The zero-order valence-corrected chi connectivity index (χ0v) is 16.3. The zero-order valence-electron chi connectivity index (χ0n) is 16.3. The van der Waals surface area contributed by atoms with Gasteiger partial charge in [0, 0.05) is 24.7 Å². The minimum Gasteiger partial charge on any atom is -0.390 e. The monoisotopic (exact) mass is 387 g/mol. The van der Waals surface area contributed by atoms with Crippen LogP contribution in [0.2, 0.25) is 0 Å². The minimum absolute atomic E-state index is 0.329. The quantitative estimate of drug-likeness (QED) is 0.565. The summed E-state index contributed by atoms with van der Waals surface area (Å²) in [6.07, 6.45) is 4.01. The summed E-state index contributed by atoms with van der Waals surface area (Å²) >= 11 is 0. The van der Waals surface area contributed by atoms with Crippen molar-refractivity contribution in [3.8, 4) is 0 Å². The van der Waals surface area contributed by atoms with Crippen LogP contribution in [0.5, 0.6) is 0 Å². The Kier molecular flexibility index (Phi) is 7.19. The van der Waals surface area contributed by atoms with Crippen molar-refractivity contribution in [1.29, 1.82) is 0 Å². The van der Waals surface area contributed by atoms with E-state index < -0.39 is 18.0 Å². The van der Waals surface area contributed by atoms with Crippen LogP contribution < -0.4 is 16.6 Å². The number of aromatic amines is 1. The number of nitrogens with zero attached hydrogens (tertiary/aromatic N) is 1. The van der Waals surface area contributed by atoms with E-state index >= 15 is 0 Å². The van der Waals surface area contributed by atoms with E-state index in [9.17, 15) is 14.7 Å². The molecule has 1 unspecified atom stereocenters. The molecule has 0 spiro atoms. The summed E-state index contributed by atoms with van der Waals surface area (Å²) < 4.78 is 7.26. The molecule has 2 heterocycles. The van der Waals surface area contributed by atoms with Crippen molar-refractivity contribution in [2.24, 2.45) is 0 Å². The van der Waals surface area contributed by atoms with Crippen LogP contribution in [0.1, 0.15) is 43.5 Å². The van der Waals surface area contributed by atoms with Crippen molar-refractivity contribution in [3.05, 3.63) is 68.5 Å². The van der Waals surface area contributed by atoms with E-state index in [-0.39, 0.29) is 11.7 Å². The molecule has 152 valence electrons. The third-order valence-electron chi connectivity index (χ3n) is 5.19. The van der Waals surface area contributed by atoms with E-state index in [1.54, 1.807) is 0 Å². The van der Waals surface area contributed by atoms with Crippen LogP contribution in [0.4, 0.5) is 0 Å². The Balaban J connectivity index is 1.44. The molecule has 0 aliphatic carbocycles. The fourth-order valence-electron chi connectivity index (χ4n) is 3.53. The Morgan fingerprint density at radius 1 is 1.25 bits per heavy atom. The summed E-state index contributed by atoms with van der Waals surface area (Å²) in [4.78, 5) is 26.1. The fourth-order valence-corrected chi connectivity index (χ4v) is 3.53. The maximum atomic E-state index is 12.1. The standard InChI is InChI=1S/C21H29N3O4/c1-2-16-14-24(21(27)23-20(16)26)19-12-17(25)18(28-19)13-22-11-7-6-10-15-8-4-3-5-9-15/h3-5,8-9,14,17-19,22,25H,2,6-7,10-13H2,1H3,(H,23,26,27)/t17?,18-,19-/m0/s1. The van der Waals surface area contributed by atoms with E-state index in [4.69, 9.17) is 4.74 Å². The van der Waals surface area contributed by atoms with Crippen molar-refractivity contribution >= 4 is 0 Å². The lowest BCUT2D eigenvalue weighted by Crippen LogP contribution is -2.35. The van der Waals surface area contributed by atoms with Crippen LogP contribution in [0.15, 0.2) is 46.1 Å². The lowest BCUT2D eigenvalue weighted by Gasteiger charge is -2.17. The highest BCUT2D eigenvalue weighted by molar-refractivity contribution is 5.14. The number of ether oxygens (including phenoxy) is 1. The predicted octanol–water partition coefficient (Wildman–Crippen LogP) is 1.36. The topological polar surface area (TPSA) is 96.3 Å². The van der Waals surface area contributed by atoms with Gasteiger partial charge in [0.05, 0.1) is 12.2 Å². The Morgan fingerprint density at radius 3 is 2.79 bits per heavy atom. The van der Waals surface area contributed by atoms with Crippen LogP contribution in [0, 0.1) is 0 Å². The largest absolute Gasteiger partial charge is 0.390 e. The summed E-state index contributed by atoms with van der Waals surface area (Å²) in [5.74, 6) is 0. The number of rotatable bonds is 9. The molecule has 1 saturated heterocycles. The van der Waals surface area contributed by atoms with Crippen molar-refractivity contribution in [3.63, 3.8) is 0 Å². The maximum absolute atomic E-state index is 12.1. The van der Waals surface area contributed by atoms with Crippen molar-refractivity contribution in [2.45, 2.75) is 57.5 Å². The molecule has 1 aliphatic heterocycles. The molecule has 1 fully saturated rings. The number of aliphatic hydroxyl groups excluding tert-OH is 1. The second-order valence-electron chi connectivity index (χ2n) is 7.25. The number of benzene rings is 1. The predicted molar refractivity (Wildman–Crippen MR) is 107 cm³/mol. The molecule has 1 aliphatic rings. The highest BCUT2D eigenvalue weighted by atomic mass is 16.5. The third-order valence-corrected chi connectivity index (χ3v) is 5.19. The van der Waals surface area contributed by atoms with Gasteiger partial charge in [-0.25, -0.2) is 4.79 Å². The Morgan fingerprint density at radius 2 is 2.04 bits per heavy atom. The normalized spacial score (nSPS) is 21.9. The SMILES string of the molecule is CCc1cn([C@@H]2CC(O)[C@H](CNCCCCc3ccccc3)O2)c(=O)[nH]c1=O. The van der Waals surface area contributed by atoms with Gasteiger partial charge in [0.1, 0.15) is 6.23 Å². The molecular formula is C21H29N3O4. The molecule has 0 amide bonds. The third kappa shape index (κ3) is 5.19. The van der Waals surface area contributed by atoms with Gasteiger partial charge in [0.2, 0.25) is 0 Å². The van der Waals surface area contributed by atoms with Crippen LogP contribution >= 0.6 is 0 Å². The van der Waals surface area contributed by atoms with Gasteiger partial charge in [0.25, 0.3) is 5.56 Å². The summed E-state index contributed by atoms with van der Waals surface area (Å²) in [6, 6.07) is 10.4. The van der Waals surface area contributed by atoms with Gasteiger partial charge in [0.15, 0.2) is 0 Å². The molecule has 7 nitrogen and oxygen atoms in total. The first kappa shape index (κ1) is 20.5. The van der Waals surface area contributed by atoms with Crippen LogP contribution in [0.25, 0.3) is 0 Å². The van der Waals surface area contributed by atoms with Gasteiger partial charge >= 0.3 is 5.69 Å². The van der Waals surface area contributed by atoms with E-state index in [2.05, 4.69) is 34.6 Å². The van der Waals surface area contributed by atoms with Gasteiger partial charge in [-0.05, 0) is 37.8 Å². The van der Waals surface area contributed by atoms with Gasteiger partial charge in [-0.2, -0.15) is 0 Å². The average Bonchev–Trinajstić information content (AvgIpc) is 3.06. The number of aryl methyl sites for hydroxylation is 2. The van der Waals surface area contributed by atoms with E-state index in [0.29, 0.717) is 24.9 Å². The molecule has 7 heteroatoms. The number of hydrogen-bond acceptors (Lipinski definition) is 5. The lowest BCUT2D eigenvalue weighted by molar-refractivity contribution is -0.0192. The molecule has 28 heavy (non-hydrogen) atoms. The van der Waals surface area contributed by atoms with Crippen LogP contribution in [0.3, 0.4) is 0 Å². The second-order valence-corrected chi connectivity index (χ2v) is 7.25. The summed E-state index contributed by atoms with van der Waals surface area (Å²) in [5.41, 5.74) is 1.00. The molecule has 0 radical (unpaired) electrons. The molecule has 3 rings (SSSR count). The summed E-state index contributed by atoms with van der Waals surface area (Å²) in [5, 5.41) is 13.6. The van der Waals surface area contributed by atoms with E-state index in [1.807, 2.05) is 13.0 Å². The highest BCUT2D eigenvalue weighted by Crippen LogP contribution is 2.27. The first-order valence-corrected chi connectivity index (χ1v) is 10.0. The van der Waals surface area contributed by atoms with Gasteiger partial charge in [-0.1, -0.05) is 37.3 Å². The molecule has 2 aromatic rings. The molecule has 1 aromatic heterocycles. The number of H-pyrrole nitrogens is 1. The number of nitrogens with one attached hydrogen (secondary N) is 2. The molecule has 0 bridgehead atoms. The summed E-state index contributed by atoms with van der Waals surface area (Å²) in [6.45, 7) is 3.23. The lowest BCUT2D eigenvalue weighted by atomic mass is 10.1.